The molecule has 0 radical (unpaired) electrons. The molecule has 5 heteroatoms. The van der Waals surface area contributed by atoms with Crippen LogP contribution in [0.3, 0.4) is 0 Å². The summed E-state index contributed by atoms with van der Waals surface area (Å²) in [6, 6.07) is 11.3. The van der Waals surface area contributed by atoms with Gasteiger partial charge in [-0.25, -0.2) is 0 Å². The van der Waals surface area contributed by atoms with Crippen LogP contribution in [0.25, 0.3) is 0 Å². The van der Waals surface area contributed by atoms with E-state index in [0.29, 0.717) is 15.7 Å². The summed E-state index contributed by atoms with van der Waals surface area (Å²) < 4.78 is 0. The minimum atomic E-state index is 0.131. The van der Waals surface area contributed by atoms with Crippen LogP contribution in [-0.4, -0.2) is 7.05 Å². The number of nitrogens with zero attached hydrogens (tertiary/aromatic N) is 1. The molecule has 0 aromatic heterocycles. The minimum Gasteiger partial charge on any atom is -0.397 e. The number of hydrogen-bond donors (Lipinski definition) is 1. The maximum absolute atomic E-state index is 6.07. The van der Waals surface area contributed by atoms with E-state index in [1.807, 2.05) is 31.3 Å². The molecule has 2 rings (SSSR count). The molecule has 2 nitrogen and oxygen atoms in total. The standard InChI is InChI=1S/C15H15Cl3N2/c1-9(10-3-5-11(16)6-4-10)20(2)15-8-13(18)12(17)7-14(15)19/h3-9H,19H2,1-2H3. The summed E-state index contributed by atoms with van der Waals surface area (Å²) in [5.41, 5.74) is 8.62. The Hall–Kier alpha value is -1.09. The maximum atomic E-state index is 6.07. The van der Waals surface area contributed by atoms with Crippen LogP contribution in [0.4, 0.5) is 11.4 Å². The summed E-state index contributed by atoms with van der Waals surface area (Å²) in [7, 11) is 1.97. The first-order valence-corrected chi connectivity index (χ1v) is 7.26. The zero-order valence-electron chi connectivity index (χ0n) is 11.2. The highest BCUT2D eigenvalue weighted by molar-refractivity contribution is 6.42. The lowest BCUT2D eigenvalue weighted by atomic mass is 10.1. The Morgan fingerprint density at radius 3 is 2.15 bits per heavy atom. The van der Waals surface area contributed by atoms with E-state index in [1.54, 1.807) is 12.1 Å². The number of nitrogens with two attached hydrogens (primary N) is 1. The fourth-order valence-corrected chi connectivity index (χ4v) is 2.49. The van der Waals surface area contributed by atoms with Gasteiger partial charge in [0.15, 0.2) is 0 Å². The molecule has 1 atom stereocenters. The van der Waals surface area contributed by atoms with E-state index < -0.39 is 0 Å². The summed E-state index contributed by atoms with van der Waals surface area (Å²) in [4.78, 5) is 2.06. The molecule has 20 heavy (non-hydrogen) atoms. The Labute approximate surface area is 134 Å². The van der Waals surface area contributed by atoms with Crippen LogP contribution in [0.2, 0.25) is 15.1 Å². The Bertz CT molecular complexity index is 611. The molecule has 0 aliphatic rings. The third-order valence-corrected chi connectivity index (χ3v) is 4.36. The van der Waals surface area contributed by atoms with Gasteiger partial charge in [0.05, 0.1) is 27.5 Å². The van der Waals surface area contributed by atoms with Crippen LogP contribution >= 0.6 is 34.8 Å². The topological polar surface area (TPSA) is 29.3 Å². The van der Waals surface area contributed by atoms with Gasteiger partial charge in [-0.2, -0.15) is 0 Å². The van der Waals surface area contributed by atoms with Gasteiger partial charge in [-0.1, -0.05) is 46.9 Å². The van der Waals surface area contributed by atoms with Gasteiger partial charge < -0.3 is 10.6 Å². The first kappa shape index (κ1) is 15.3. The second kappa shape index (κ2) is 6.13. The van der Waals surface area contributed by atoms with E-state index >= 15 is 0 Å². The lowest BCUT2D eigenvalue weighted by Gasteiger charge is -2.29. The number of benzene rings is 2. The summed E-state index contributed by atoms with van der Waals surface area (Å²) >= 11 is 17.9. The number of nitrogen functional groups attached to an aromatic ring is 1. The Morgan fingerprint density at radius 1 is 1.00 bits per heavy atom. The van der Waals surface area contributed by atoms with Crippen molar-refractivity contribution in [3.8, 4) is 0 Å². The van der Waals surface area contributed by atoms with Crippen LogP contribution < -0.4 is 10.6 Å². The molecule has 2 N–H and O–H groups in total. The highest BCUT2D eigenvalue weighted by Crippen LogP contribution is 2.36. The molecular weight excluding hydrogens is 315 g/mol. The molecule has 106 valence electrons. The minimum absolute atomic E-state index is 0.131. The van der Waals surface area contributed by atoms with E-state index in [4.69, 9.17) is 40.5 Å². The number of rotatable bonds is 3. The van der Waals surface area contributed by atoms with Crippen molar-refractivity contribution in [3.05, 3.63) is 57.0 Å². The summed E-state index contributed by atoms with van der Waals surface area (Å²) in [5, 5.41) is 1.67. The first-order chi connectivity index (χ1) is 9.40. The lowest BCUT2D eigenvalue weighted by molar-refractivity contribution is 0.741. The molecule has 1 unspecified atom stereocenters. The van der Waals surface area contributed by atoms with Crippen LogP contribution in [0, 0.1) is 0 Å². The fraction of sp³-hybridized carbons (Fsp3) is 0.200. The van der Waals surface area contributed by atoms with Crippen molar-refractivity contribution in [2.24, 2.45) is 0 Å². The van der Waals surface area contributed by atoms with Gasteiger partial charge in [0.2, 0.25) is 0 Å². The van der Waals surface area contributed by atoms with Crippen molar-refractivity contribution in [2.75, 3.05) is 17.7 Å². The van der Waals surface area contributed by atoms with Gasteiger partial charge in [0.1, 0.15) is 0 Å². The number of halogens is 3. The first-order valence-electron chi connectivity index (χ1n) is 6.13. The van der Waals surface area contributed by atoms with Crippen LogP contribution in [0.1, 0.15) is 18.5 Å². The van der Waals surface area contributed by atoms with Crippen molar-refractivity contribution in [1.29, 1.82) is 0 Å². The highest BCUT2D eigenvalue weighted by Gasteiger charge is 2.16. The molecule has 2 aromatic carbocycles. The van der Waals surface area contributed by atoms with Crippen molar-refractivity contribution >= 4 is 46.2 Å². The molecule has 0 fully saturated rings. The highest BCUT2D eigenvalue weighted by atomic mass is 35.5. The normalized spacial score (nSPS) is 12.2. The quantitative estimate of drug-likeness (QED) is 0.761. The van der Waals surface area contributed by atoms with Crippen LogP contribution in [-0.2, 0) is 0 Å². The Balaban J connectivity index is 2.33. The van der Waals surface area contributed by atoms with E-state index in [1.165, 1.54) is 0 Å². The Morgan fingerprint density at radius 2 is 1.55 bits per heavy atom. The van der Waals surface area contributed by atoms with E-state index in [9.17, 15) is 0 Å². The molecule has 0 bridgehead atoms. The SMILES string of the molecule is CC(c1ccc(Cl)cc1)N(C)c1cc(Cl)c(Cl)cc1N. The van der Waals surface area contributed by atoms with Crippen molar-refractivity contribution in [2.45, 2.75) is 13.0 Å². The van der Waals surface area contributed by atoms with Gasteiger partial charge in [-0.05, 0) is 36.8 Å². The predicted molar refractivity (Wildman–Crippen MR) is 89.1 cm³/mol. The summed E-state index contributed by atoms with van der Waals surface area (Å²) in [6.45, 7) is 2.09. The van der Waals surface area contributed by atoms with E-state index in [0.717, 1.165) is 16.3 Å². The molecule has 0 saturated carbocycles. The van der Waals surface area contributed by atoms with E-state index in [2.05, 4.69) is 11.8 Å². The Kier molecular flexibility index (Phi) is 4.69. The zero-order valence-corrected chi connectivity index (χ0v) is 13.5. The monoisotopic (exact) mass is 328 g/mol. The molecule has 0 aliphatic carbocycles. The van der Waals surface area contributed by atoms with Crippen molar-refractivity contribution < 1.29 is 0 Å². The van der Waals surface area contributed by atoms with Gasteiger partial charge in [-0.3, -0.25) is 0 Å². The lowest BCUT2D eigenvalue weighted by Crippen LogP contribution is -2.22. The maximum Gasteiger partial charge on any atom is 0.0618 e. The third-order valence-electron chi connectivity index (χ3n) is 3.38. The van der Waals surface area contributed by atoms with Gasteiger partial charge in [-0.15, -0.1) is 0 Å². The largest absolute Gasteiger partial charge is 0.397 e. The number of hydrogen-bond acceptors (Lipinski definition) is 2. The number of anilines is 2. The van der Waals surface area contributed by atoms with Crippen molar-refractivity contribution in [3.63, 3.8) is 0 Å². The molecule has 0 amide bonds. The average molecular weight is 330 g/mol. The fourth-order valence-electron chi connectivity index (χ4n) is 2.03. The van der Waals surface area contributed by atoms with Gasteiger partial charge in [0, 0.05) is 12.1 Å². The summed E-state index contributed by atoms with van der Waals surface area (Å²) in [5.74, 6) is 0. The molecule has 0 aliphatic heterocycles. The zero-order chi connectivity index (χ0) is 14.9. The van der Waals surface area contributed by atoms with Crippen LogP contribution in [0.15, 0.2) is 36.4 Å². The van der Waals surface area contributed by atoms with Gasteiger partial charge in [0.25, 0.3) is 0 Å². The van der Waals surface area contributed by atoms with Gasteiger partial charge >= 0.3 is 0 Å². The molecule has 0 heterocycles. The molecule has 0 saturated heterocycles. The molecule has 0 spiro atoms. The average Bonchev–Trinajstić information content (AvgIpc) is 2.42. The smallest absolute Gasteiger partial charge is 0.0618 e. The molecular formula is C15H15Cl3N2. The third kappa shape index (κ3) is 3.14. The van der Waals surface area contributed by atoms with Crippen LogP contribution in [0.5, 0.6) is 0 Å². The molecule has 2 aromatic rings. The van der Waals surface area contributed by atoms with Crippen molar-refractivity contribution in [1.82, 2.24) is 0 Å². The second-order valence-electron chi connectivity index (χ2n) is 4.66. The predicted octanol–water partition coefficient (Wildman–Crippen LogP) is 5.43. The second-order valence-corrected chi connectivity index (χ2v) is 5.91. The van der Waals surface area contributed by atoms with E-state index in [-0.39, 0.29) is 6.04 Å². The summed E-state index contributed by atoms with van der Waals surface area (Å²) in [6.07, 6.45) is 0.